The van der Waals surface area contributed by atoms with Crippen molar-refractivity contribution < 1.29 is 4.79 Å². The Morgan fingerprint density at radius 2 is 1.89 bits per heavy atom. The zero-order valence-corrected chi connectivity index (χ0v) is 11.6. The summed E-state index contributed by atoms with van der Waals surface area (Å²) >= 11 is 0. The van der Waals surface area contributed by atoms with Gasteiger partial charge in [0, 0.05) is 5.56 Å². The highest BCUT2D eigenvalue weighted by Gasteiger charge is 1.99. The average molecular weight is 252 g/mol. The van der Waals surface area contributed by atoms with Crippen molar-refractivity contribution in [2.75, 3.05) is 0 Å². The molecule has 0 saturated carbocycles. The van der Waals surface area contributed by atoms with Gasteiger partial charge in [-0.15, -0.1) is 0 Å². The van der Waals surface area contributed by atoms with Gasteiger partial charge in [-0.1, -0.05) is 66.8 Å². The quantitative estimate of drug-likeness (QED) is 0.396. The minimum Gasteiger partial charge on any atom is -0.298 e. The fourth-order valence-corrected chi connectivity index (χ4v) is 1.60. The van der Waals surface area contributed by atoms with E-state index in [-0.39, 0.29) is 0 Å². The van der Waals surface area contributed by atoms with Gasteiger partial charge in [0.05, 0.1) is 0 Å². The molecule has 0 unspecified atom stereocenters. The summed E-state index contributed by atoms with van der Waals surface area (Å²) in [5, 5.41) is 0. The van der Waals surface area contributed by atoms with Crippen molar-refractivity contribution in [1.82, 2.24) is 0 Å². The molecule has 98 valence electrons. The summed E-state index contributed by atoms with van der Waals surface area (Å²) in [6, 6.07) is 7.65. The molecule has 0 aromatic heterocycles. The molecule has 0 radical (unpaired) electrons. The molecule has 0 spiro atoms. The molecule has 0 saturated heterocycles. The molecule has 0 amide bonds. The van der Waals surface area contributed by atoms with Crippen LogP contribution in [0.5, 0.6) is 0 Å². The maximum Gasteiger partial charge on any atom is 0.150 e. The Morgan fingerprint density at radius 1 is 1.21 bits per heavy atom. The highest BCUT2D eigenvalue weighted by Crippen LogP contribution is 2.20. The average Bonchev–Trinajstić information content (AvgIpc) is 2.47. The Labute approximate surface area is 115 Å². The molecule has 1 heteroatoms. The summed E-state index contributed by atoms with van der Waals surface area (Å²) in [6.45, 7) is 7.78. The third-order valence-electron chi connectivity index (χ3n) is 2.86. The summed E-state index contributed by atoms with van der Waals surface area (Å²) in [6.07, 6.45) is 11.9. The van der Waals surface area contributed by atoms with E-state index in [0.717, 1.165) is 23.8 Å². The Kier molecular flexibility index (Phi) is 6.31. The van der Waals surface area contributed by atoms with Gasteiger partial charge in [-0.25, -0.2) is 0 Å². The molecule has 19 heavy (non-hydrogen) atoms. The zero-order valence-electron chi connectivity index (χ0n) is 11.6. The molecular formula is C18H20O. The molecule has 0 aliphatic heterocycles. The normalized spacial score (nSPS) is 12.7. The number of aldehydes is 1. The van der Waals surface area contributed by atoms with Crippen LogP contribution in [0.15, 0.2) is 66.8 Å². The maximum atomic E-state index is 10.7. The summed E-state index contributed by atoms with van der Waals surface area (Å²) in [5.41, 5.74) is 4.18. The van der Waals surface area contributed by atoms with E-state index >= 15 is 0 Å². The van der Waals surface area contributed by atoms with E-state index in [4.69, 9.17) is 0 Å². The van der Waals surface area contributed by atoms with Gasteiger partial charge in [0.1, 0.15) is 6.29 Å². The maximum absolute atomic E-state index is 10.7. The Morgan fingerprint density at radius 3 is 2.42 bits per heavy atom. The predicted molar refractivity (Wildman–Crippen MR) is 83.2 cm³/mol. The lowest BCUT2D eigenvalue weighted by Crippen LogP contribution is -1.85. The molecule has 0 aliphatic rings. The molecule has 1 nitrogen and oxygen atoms in total. The van der Waals surface area contributed by atoms with E-state index < -0.39 is 0 Å². The number of carbonyl (C=O) groups is 1. The fourth-order valence-electron chi connectivity index (χ4n) is 1.60. The number of hydrogen-bond acceptors (Lipinski definition) is 1. The standard InChI is InChI=1S/C18H20O/c1-4-6-7-17(11-8-15(3)5-2)18-12-9-16(14-19)10-13-18/h4-6,8-14H,2,7H2,1,3H3/b6-4-,15-8+,17-11+. The van der Waals surface area contributed by atoms with Gasteiger partial charge in [-0.2, -0.15) is 0 Å². The van der Waals surface area contributed by atoms with Crippen LogP contribution in [0.1, 0.15) is 36.2 Å². The van der Waals surface area contributed by atoms with Crippen LogP contribution in [0.2, 0.25) is 0 Å². The molecule has 0 heterocycles. The van der Waals surface area contributed by atoms with Crippen LogP contribution >= 0.6 is 0 Å². The second-order valence-corrected chi connectivity index (χ2v) is 4.32. The van der Waals surface area contributed by atoms with Crippen LogP contribution in [-0.2, 0) is 0 Å². The first-order chi connectivity index (χ1) is 9.21. The topological polar surface area (TPSA) is 17.1 Å². The first kappa shape index (κ1) is 14.9. The van der Waals surface area contributed by atoms with E-state index in [2.05, 4.69) is 24.8 Å². The second kappa shape index (κ2) is 8.04. The van der Waals surface area contributed by atoms with Gasteiger partial charge in [0.2, 0.25) is 0 Å². The van der Waals surface area contributed by atoms with Crippen molar-refractivity contribution in [3.8, 4) is 0 Å². The molecule has 0 aliphatic carbocycles. The van der Waals surface area contributed by atoms with Gasteiger partial charge in [-0.3, -0.25) is 4.79 Å². The lowest BCUT2D eigenvalue weighted by Gasteiger charge is -2.05. The van der Waals surface area contributed by atoms with Crippen molar-refractivity contribution in [2.24, 2.45) is 0 Å². The lowest BCUT2D eigenvalue weighted by molar-refractivity contribution is 0.112. The third kappa shape index (κ3) is 4.92. The van der Waals surface area contributed by atoms with E-state index in [1.54, 1.807) is 0 Å². The first-order valence-electron chi connectivity index (χ1n) is 6.38. The van der Waals surface area contributed by atoms with Crippen molar-refractivity contribution >= 4 is 11.9 Å². The van der Waals surface area contributed by atoms with E-state index in [9.17, 15) is 4.79 Å². The van der Waals surface area contributed by atoms with Gasteiger partial charge < -0.3 is 0 Å². The van der Waals surface area contributed by atoms with Crippen molar-refractivity contribution in [2.45, 2.75) is 20.3 Å². The molecule has 0 atom stereocenters. The van der Waals surface area contributed by atoms with E-state index in [1.807, 2.05) is 50.3 Å². The van der Waals surface area contributed by atoms with Crippen molar-refractivity contribution in [3.05, 3.63) is 77.9 Å². The van der Waals surface area contributed by atoms with Crippen LogP contribution in [0.25, 0.3) is 5.57 Å². The first-order valence-corrected chi connectivity index (χ1v) is 6.38. The molecule has 0 bridgehead atoms. The molecule has 1 rings (SSSR count). The molecule has 0 N–H and O–H groups in total. The van der Waals surface area contributed by atoms with Crippen LogP contribution in [-0.4, -0.2) is 6.29 Å². The second-order valence-electron chi connectivity index (χ2n) is 4.32. The zero-order chi connectivity index (χ0) is 14.1. The summed E-state index contributed by atoms with van der Waals surface area (Å²) < 4.78 is 0. The Hall–Kier alpha value is -2.15. The van der Waals surface area contributed by atoms with Crippen LogP contribution in [0.4, 0.5) is 0 Å². The van der Waals surface area contributed by atoms with Crippen LogP contribution < -0.4 is 0 Å². The van der Waals surface area contributed by atoms with Gasteiger partial charge in [-0.05, 0) is 31.4 Å². The SMILES string of the molecule is C=C/C(C)=C/C=C(\C/C=C\C)c1ccc(C=O)cc1. The van der Waals surface area contributed by atoms with E-state index in [1.165, 1.54) is 5.57 Å². The largest absolute Gasteiger partial charge is 0.298 e. The summed E-state index contributed by atoms with van der Waals surface area (Å²) in [4.78, 5) is 10.7. The van der Waals surface area contributed by atoms with Gasteiger partial charge in [0.15, 0.2) is 0 Å². The fraction of sp³-hybridized carbons (Fsp3) is 0.167. The van der Waals surface area contributed by atoms with Crippen LogP contribution in [0.3, 0.4) is 0 Å². The highest BCUT2D eigenvalue weighted by molar-refractivity contribution is 5.77. The minimum absolute atomic E-state index is 0.701. The number of hydrogen-bond donors (Lipinski definition) is 0. The lowest BCUT2D eigenvalue weighted by atomic mass is 10.0. The van der Waals surface area contributed by atoms with Crippen LogP contribution in [0, 0.1) is 0 Å². The highest BCUT2D eigenvalue weighted by atomic mass is 16.1. The number of rotatable bonds is 6. The van der Waals surface area contributed by atoms with Crippen molar-refractivity contribution in [1.29, 1.82) is 0 Å². The summed E-state index contributed by atoms with van der Waals surface area (Å²) in [5.74, 6) is 0. The number of allylic oxidation sites excluding steroid dienone is 7. The Balaban J connectivity index is 3.07. The third-order valence-corrected chi connectivity index (χ3v) is 2.86. The van der Waals surface area contributed by atoms with Crippen molar-refractivity contribution in [3.63, 3.8) is 0 Å². The molecular weight excluding hydrogens is 232 g/mol. The van der Waals surface area contributed by atoms with E-state index in [0.29, 0.717) is 5.56 Å². The predicted octanol–water partition coefficient (Wildman–Crippen LogP) is 4.98. The molecule has 1 aromatic rings. The summed E-state index contributed by atoms with van der Waals surface area (Å²) in [7, 11) is 0. The smallest absolute Gasteiger partial charge is 0.150 e. The minimum atomic E-state index is 0.701. The van der Waals surface area contributed by atoms with Gasteiger partial charge >= 0.3 is 0 Å². The number of benzene rings is 1. The van der Waals surface area contributed by atoms with Gasteiger partial charge in [0.25, 0.3) is 0 Å². The number of carbonyl (C=O) groups excluding carboxylic acids is 1. The Bertz CT molecular complexity index is 513. The monoisotopic (exact) mass is 252 g/mol. The molecule has 0 fully saturated rings. The molecule has 1 aromatic carbocycles.